The maximum absolute atomic E-state index is 5.75. The predicted molar refractivity (Wildman–Crippen MR) is 80.4 cm³/mol. The Morgan fingerprint density at radius 1 is 1.39 bits per heavy atom. The van der Waals surface area contributed by atoms with Crippen molar-refractivity contribution in [3.8, 4) is 5.75 Å². The van der Waals surface area contributed by atoms with Crippen LogP contribution in [0.3, 0.4) is 0 Å². The zero-order valence-corrected chi connectivity index (χ0v) is 12.6. The molecule has 0 saturated heterocycles. The summed E-state index contributed by atoms with van der Waals surface area (Å²) >= 11 is 5.17. The standard InChI is InChI=1S/C14H16BrNOS/c1-16-14(11-6-8-18-10-11)5-7-17-13-4-2-3-12(15)9-13/h2-4,6,8-10,14,16H,5,7H2,1H3. The largest absolute Gasteiger partial charge is 0.493 e. The molecule has 18 heavy (non-hydrogen) atoms. The van der Waals surface area contributed by atoms with E-state index in [1.165, 1.54) is 5.56 Å². The Morgan fingerprint density at radius 3 is 2.94 bits per heavy atom. The lowest BCUT2D eigenvalue weighted by Crippen LogP contribution is -2.18. The lowest BCUT2D eigenvalue weighted by molar-refractivity contribution is 0.290. The van der Waals surface area contributed by atoms with E-state index in [4.69, 9.17) is 4.74 Å². The Bertz CT molecular complexity index is 472. The van der Waals surface area contributed by atoms with Crippen molar-refractivity contribution in [3.05, 3.63) is 51.1 Å². The molecule has 1 unspecified atom stereocenters. The molecule has 0 aliphatic rings. The number of benzene rings is 1. The van der Waals surface area contributed by atoms with Gasteiger partial charge < -0.3 is 10.1 Å². The molecular weight excluding hydrogens is 310 g/mol. The van der Waals surface area contributed by atoms with Crippen molar-refractivity contribution in [3.63, 3.8) is 0 Å². The first kappa shape index (κ1) is 13.6. The number of nitrogens with one attached hydrogen (secondary N) is 1. The van der Waals surface area contributed by atoms with E-state index in [9.17, 15) is 0 Å². The highest BCUT2D eigenvalue weighted by atomic mass is 79.9. The third kappa shape index (κ3) is 3.83. The first-order chi connectivity index (χ1) is 8.79. The van der Waals surface area contributed by atoms with Gasteiger partial charge in [0.05, 0.1) is 6.61 Å². The van der Waals surface area contributed by atoms with Crippen LogP contribution < -0.4 is 10.1 Å². The van der Waals surface area contributed by atoms with Gasteiger partial charge in [-0.2, -0.15) is 11.3 Å². The van der Waals surface area contributed by atoms with Crippen molar-refractivity contribution in [2.75, 3.05) is 13.7 Å². The van der Waals surface area contributed by atoms with Crippen LogP contribution in [0.1, 0.15) is 18.0 Å². The summed E-state index contributed by atoms with van der Waals surface area (Å²) in [5, 5.41) is 7.61. The second-order valence-corrected chi connectivity index (χ2v) is 5.69. The minimum atomic E-state index is 0.364. The highest BCUT2D eigenvalue weighted by Gasteiger charge is 2.09. The Morgan fingerprint density at radius 2 is 2.28 bits per heavy atom. The van der Waals surface area contributed by atoms with Gasteiger partial charge in [-0.25, -0.2) is 0 Å². The molecule has 2 nitrogen and oxygen atoms in total. The fourth-order valence-corrected chi connectivity index (χ4v) is 2.89. The summed E-state index contributed by atoms with van der Waals surface area (Å²) in [7, 11) is 1.99. The Hall–Kier alpha value is -0.840. The molecule has 0 spiro atoms. The van der Waals surface area contributed by atoms with Crippen molar-refractivity contribution >= 4 is 27.3 Å². The third-order valence-electron chi connectivity index (χ3n) is 2.77. The van der Waals surface area contributed by atoms with E-state index in [0.29, 0.717) is 12.6 Å². The van der Waals surface area contributed by atoms with Gasteiger partial charge in [-0.15, -0.1) is 0 Å². The third-order valence-corrected chi connectivity index (χ3v) is 3.96. The van der Waals surface area contributed by atoms with Gasteiger partial charge in [0.15, 0.2) is 0 Å². The van der Waals surface area contributed by atoms with E-state index in [1.54, 1.807) is 11.3 Å². The molecule has 1 aromatic heterocycles. The molecule has 0 amide bonds. The number of ether oxygens (including phenoxy) is 1. The molecule has 0 radical (unpaired) electrons. The van der Waals surface area contributed by atoms with Gasteiger partial charge in [-0.3, -0.25) is 0 Å². The maximum atomic E-state index is 5.75. The van der Waals surface area contributed by atoms with Crippen LogP contribution in [0.25, 0.3) is 0 Å². The second kappa shape index (κ2) is 6.92. The second-order valence-electron chi connectivity index (χ2n) is 3.99. The van der Waals surface area contributed by atoms with Gasteiger partial charge in [0, 0.05) is 16.9 Å². The van der Waals surface area contributed by atoms with Gasteiger partial charge >= 0.3 is 0 Å². The van der Waals surface area contributed by atoms with Gasteiger partial charge in [-0.1, -0.05) is 22.0 Å². The highest BCUT2D eigenvalue weighted by molar-refractivity contribution is 9.10. The molecule has 1 atom stereocenters. The van der Waals surface area contributed by atoms with Crippen molar-refractivity contribution in [2.45, 2.75) is 12.5 Å². The number of thiophene rings is 1. The fraction of sp³-hybridized carbons (Fsp3) is 0.286. The van der Waals surface area contributed by atoms with Crippen molar-refractivity contribution < 1.29 is 4.74 Å². The quantitative estimate of drug-likeness (QED) is 0.857. The van der Waals surface area contributed by atoms with E-state index in [1.807, 2.05) is 31.3 Å². The molecule has 0 fully saturated rings. The monoisotopic (exact) mass is 325 g/mol. The minimum Gasteiger partial charge on any atom is -0.493 e. The summed E-state index contributed by atoms with van der Waals surface area (Å²) in [5.74, 6) is 0.907. The Balaban J connectivity index is 1.84. The molecule has 1 heterocycles. The first-order valence-corrected chi connectivity index (χ1v) is 7.61. The maximum Gasteiger partial charge on any atom is 0.120 e. The van der Waals surface area contributed by atoms with Crippen LogP contribution in [0.15, 0.2) is 45.6 Å². The van der Waals surface area contributed by atoms with Crippen molar-refractivity contribution in [1.82, 2.24) is 5.32 Å². The predicted octanol–water partition coefficient (Wildman–Crippen LogP) is 4.24. The van der Waals surface area contributed by atoms with E-state index < -0.39 is 0 Å². The molecule has 0 aliphatic carbocycles. The summed E-state index contributed by atoms with van der Waals surface area (Å²) < 4.78 is 6.80. The number of hydrogen-bond acceptors (Lipinski definition) is 3. The summed E-state index contributed by atoms with van der Waals surface area (Å²) in [6, 6.07) is 10.5. The van der Waals surface area contributed by atoms with Gasteiger partial charge in [0.1, 0.15) is 5.75 Å². The highest BCUT2D eigenvalue weighted by Crippen LogP contribution is 2.21. The molecule has 0 bridgehead atoms. The van der Waals surface area contributed by atoms with E-state index in [0.717, 1.165) is 16.6 Å². The van der Waals surface area contributed by atoms with Gasteiger partial charge in [0.2, 0.25) is 0 Å². The molecule has 0 aliphatic heterocycles. The minimum absolute atomic E-state index is 0.364. The van der Waals surface area contributed by atoms with Crippen LogP contribution in [-0.2, 0) is 0 Å². The van der Waals surface area contributed by atoms with Gasteiger partial charge in [0.25, 0.3) is 0 Å². The summed E-state index contributed by atoms with van der Waals surface area (Å²) in [4.78, 5) is 0. The van der Waals surface area contributed by atoms with Crippen LogP contribution in [0.5, 0.6) is 5.75 Å². The summed E-state index contributed by atoms with van der Waals surface area (Å²) in [6.07, 6.45) is 0.958. The van der Waals surface area contributed by atoms with Crippen molar-refractivity contribution in [1.29, 1.82) is 0 Å². The molecule has 1 N–H and O–H groups in total. The van der Waals surface area contributed by atoms with Crippen molar-refractivity contribution in [2.24, 2.45) is 0 Å². The van der Waals surface area contributed by atoms with Crippen LogP contribution in [0, 0.1) is 0 Å². The lowest BCUT2D eigenvalue weighted by Gasteiger charge is -2.15. The zero-order chi connectivity index (χ0) is 12.8. The van der Waals surface area contributed by atoms with E-state index in [-0.39, 0.29) is 0 Å². The number of rotatable bonds is 6. The normalized spacial score (nSPS) is 12.3. The van der Waals surface area contributed by atoms with E-state index >= 15 is 0 Å². The molecule has 0 saturated carbocycles. The lowest BCUT2D eigenvalue weighted by atomic mass is 10.1. The average molecular weight is 326 g/mol. The molecule has 2 rings (SSSR count). The number of halogens is 1. The fourth-order valence-electron chi connectivity index (χ4n) is 1.80. The first-order valence-electron chi connectivity index (χ1n) is 5.87. The molecule has 2 aromatic rings. The molecule has 4 heteroatoms. The molecular formula is C14H16BrNOS. The summed E-state index contributed by atoms with van der Waals surface area (Å²) in [5.41, 5.74) is 1.33. The summed E-state index contributed by atoms with van der Waals surface area (Å²) in [6.45, 7) is 0.706. The molecule has 1 aromatic carbocycles. The van der Waals surface area contributed by atoms with E-state index in [2.05, 4.69) is 38.1 Å². The number of hydrogen-bond donors (Lipinski definition) is 1. The Labute approximate surface area is 120 Å². The topological polar surface area (TPSA) is 21.3 Å². The van der Waals surface area contributed by atoms with Gasteiger partial charge in [-0.05, 0) is 47.6 Å². The average Bonchev–Trinajstić information content (AvgIpc) is 2.88. The zero-order valence-electron chi connectivity index (χ0n) is 10.2. The van der Waals surface area contributed by atoms with Crippen LogP contribution in [0.4, 0.5) is 0 Å². The Kier molecular flexibility index (Phi) is 5.23. The SMILES string of the molecule is CNC(CCOc1cccc(Br)c1)c1ccsc1. The molecule has 96 valence electrons. The van der Waals surface area contributed by atoms with Crippen LogP contribution in [-0.4, -0.2) is 13.7 Å². The van der Waals surface area contributed by atoms with Crippen LogP contribution >= 0.6 is 27.3 Å². The van der Waals surface area contributed by atoms with Crippen LogP contribution in [0.2, 0.25) is 0 Å². The smallest absolute Gasteiger partial charge is 0.120 e.